The zero-order valence-corrected chi connectivity index (χ0v) is 15.7. The molecule has 0 unspecified atom stereocenters. The van der Waals surface area contributed by atoms with E-state index in [1.54, 1.807) is 0 Å². The van der Waals surface area contributed by atoms with E-state index in [0.717, 1.165) is 36.3 Å². The molecule has 0 radical (unpaired) electrons. The van der Waals surface area contributed by atoms with Crippen LogP contribution < -0.4 is 5.73 Å². The fourth-order valence-corrected chi connectivity index (χ4v) is 4.00. The van der Waals surface area contributed by atoms with Gasteiger partial charge >= 0.3 is 0 Å². The van der Waals surface area contributed by atoms with Crippen LogP contribution in [0.15, 0.2) is 54.6 Å². The molecule has 0 atom stereocenters. The van der Waals surface area contributed by atoms with Crippen LogP contribution in [0.3, 0.4) is 0 Å². The minimum atomic E-state index is 0.728. The first-order valence-electron chi connectivity index (χ1n) is 9.18. The molecule has 1 heterocycles. The highest BCUT2D eigenvalue weighted by molar-refractivity contribution is 6.31. The maximum absolute atomic E-state index is 6.29. The highest BCUT2D eigenvalue weighted by Gasteiger charge is 2.16. The van der Waals surface area contributed by atoms with Crippen LogP contribution in [0.4, 0.5) is 0 Å². The van der Waals surface area contributed by atoms with Crippen LogP contribution in [-0.4, -0.2) is 11.5 Å². The molecule has 4 aromatic rings. The van der Waals surface area contributed by atoms with Gasteiger partial charge in [0, 0.05) is 21.5 Å². The third kappa shape index (κ3) is 3.00. The highest BCUT2D eigenvalue weighted by atomic mass is 35.5. The summed E-state index contributed by atoms with van der Waals surface area (Å²) in [5.74, 6) is 0. The lowest BCUT2D eigenvalue weighted by Gasteiger charge is -2.11. The van der Waals surface area contributed by atoms with Crippen molar-refractivity contribution in [1.29, 1.82) is 0 Å². The summed E-state index contributed by atoms with van der Waals surface area (Å²) in [6.45, 7) is 2.89. The molecular formula is C23H23ClN2. The number of H-pyrrole nitrogens is 1. The molecule has 0 saturated carbocycles. The molecule has 132 valence electrons. The van der Waals surface area contributed by atoms with E-state index in [1.807, 2.05) is 6.07 Å². The number of halogens is 1. The molecule has 0 aliphatic rings. The van der Waals surface area contributed by atoms with Gasteiger partial charge in [0.05, 0.1) is 5.69 Å². The monoisotopic (exact) mass is 362 g/mol. The van der Waals surface area contributed by atoms with Crippen LogP contribution in [-0.2, 0) is 6.42 Å². The van der Waals surface area contributed by atoms with E-state index >= 15 is 0 Å². The van der Waals surface area contributed by atoms with Crippen molar-refractivity contribution < 1.29 is 0 Å². The van der Waals surface area contributed by atoms with Gasteiger partial charge in [-0.1, -0.05) is 48.0 Å². The van der Waals surface area contributed by atoms with Gasteiger partial charge in [0.2, 0.25) is 0 Å². The molecule has 0 aliphatic carbocycles. The second-order valence-electron chi connectivity index (χ2n) is 6.89. The predicted octanol–water partition coefficient (Wildman–Crippen LogP) is 6.23. The number of unbranched alkanes of at least 4 members (excludes halogenated alkanes) is 1. The van der Waals surface area contributed by atoms with E-state index < -0.39 is 0 Å². The first-order valence-corrected chi connectivity index (χ1v) is 9.55. The number of benzene rings is 3. The average molecular weight is 363 g/mol. The number of aromatic nitrogens is 1. The van der Waals surface area contributed by atoms with Gasteiger partial charge in [0.25, 0.3) is 0 Å². The Labute approximate surface area is 159 Å². The van der Waals surface area contributed by atoms with Gasteiger partial charge in [-0.3, -0.25) is 0 Å². The summed E-state index contributed by atoms with van der Waals surface area (Å²) >= 11 is 6.29. The third-order valence-electron chi connectivity index (χ3n) is 5.16. The Morgan fingerprint density at radius 3 is 2.54 bits per heavy atom. The SMILES string of the molecule is Cc1ccc(-c2[nH]c3ccc(Cl)cc3c2CCCCN)c2ccccc12. The number of hydrogen-bond donors (Lipinski definition) is 2. The quantitative estimate of drug-likeness (QED) is 0.406. The van der Waals surface area contributed by atoms with Crippen molar-refractivity contribution in [1.82, 2.24) is 4.98 Å². The molecule has 0 bridgehead atoms. The first kappa shape index (κ1) is 17.1. The number of nitrogens with one attached hydrogen (secondary N) is 1. The van der Waals surface area contributed by atoms with Crippen LogP contribution in [0, 0.1) is 6.92 Å². The normalized spacial score (nSPS) is 11.5. The zero-order chi connectivity index (χ0) is 18.1. The fraction of sp³-hybridized carbons (Fsp3) is 0.217. The number of rotatable bonds is 5. The minimum absolute atomic E-state index is 0.728. The van der Waals surface area contributed by atoms with Crippen LogP contribution in [0.25, 0.3) is 32.9 Å². The van der Waals surface area contributed by atoms with E-state index in [2.05, 4.69) is 60.4 Å². The minimum Gasteiger partial charge on any atom is -0.354 e. The van der Waals surface area contributed by atoms with Gasteiger partial charge in [0.15, 0.2) is 0 Å². The maximum Gasteiger partial charge on any atom is 0.0503 e. The first-order chi connectivity index (χ1) is 12.7. The summed E-state index contributed by atoms with van der Waals surface area (Å²) in [5.41, 5.74) is 11.9. The molecule has 3 heteroatoms. The lowest BCUT2D eigenvalue weighted by molar-refractivity contribution is 0.748. The highest BCUT2D eigenvalue weighted by Crippen LogP contribution is 2.37. The van der Waals surface area contributed by atoms with Crippen molar-refractivity contribution in [3.8, 4) is 11.3 Å². The molecule has 0 spiro atoms. The Kier molecular flexibility index (Phi) is 4.71. The molecule has 26 heavy (non-hydrogen) atoms. The van der Waals surface area contributed by atoms with Gasteiger partial charge in [-0.25, -0.2) is 0 Å². The topological polar surface area (TPSA) is 41.8 Å². The van der Waals surface area contributed by atoms with Crippen LogP contribution in [0.5, 0.6) is 0 Å². The number of hydrogen-bond acceptors (Lipinski definition) is 1. The summed E-state index contributed by atoms with van der Waals surface area (Å²) in [6, 6.07) is 19.2. The lowest BCUT2D eigenvalue weighted by Crippen LogP contribution is -1.99. The van der Waals surface area contributed by atoms with Gasteiger partial charge in [-0.2, -0.15) is 0 Å². The summed E-state index contributed by atoms with van der Waals surface area (Å²) in [7, 11) is 0. The summed E-state index contributed by atoms with van der Waals surface area (Å²) in [6.07, 6.45) is 3.10. The smallest absolute Gasteiger partial charge is 0.0503 e. The molecule has 2 nitrogen and oxygen atoms in total. The van der Waals surface area contributed by atoms with Crippen molar-refractivity contribution >= 4 is 33.3 Å². The molecule has 3 N–H and O–H groups in total. The van der Waals surface area contributed by atoms with E-state index in [1.165, 1.54) is 38.5 Å². The van der Waals surface area contributed by atoms with E-state index in [-0.39, 0.29) is 0 Å². The zero-order valence-electron chi connectivity index (χ0n) is 15.0. The Bertz CT molecular complexity index is 1080. The Morgan fingerprint density at radius 1 is 0.923 bits per heavy atom. The molecule has 0 aliphatic heterocycles. The van der Waals surface area contributed by atoms with Crippen molar-refractivity contribution in [3.05, 3.63) is 70.7 Å². The predicted molar refractivity (Wildman–Crippen MR) is 113 cm³/mol. The van der Waals surface area contributed by atoms with Crippen molar-refractivity contribution in [3.63, 3.8) is 0 Å². The number of aromatic amines is 1. The van der Waals surface area contributed by atoms with E-state index in [9.17, 15) is 0 Å². The number of nitrogens with two attached hydrogens (primary N) is 1. The molecule has 1 aromatic heterocycles. The van der Waals surface area contributed by atoms with E-state index in [4.69, 9.17) is 17.3 Å². The van der Waals surface area contributed by atoms with Crippen molar-refractivity contribution in [2.24, 2.45) is 5.73 Å². The number of fused-ring (bicyclic) bond motifs is 2. The Balaban J connectivity index is 1.96. The average Bonchev–Trinajstić information content (AvgIpc) is 3.00. The second-order valence-corrected chi connectivity index (χ2v) is 7.33. The summed E-state index contributed by atoms with van der Waals surface area (Å²) in [5, 5.41) is 4.57. The molecule has 0 fully saturated rings. The Hall–Kier alpha value is -2.29. The molecule has 3 aromatic carbocycles. The Morgan fingerprint density at radius 2 is 1.73 bits per heavy atom. The summed E-state index contributed by atoms with van der Waals surface area (Å²) < 4.78 is 0. The van der Waals surface area contributed by atoms with Crippen LogP contribution >= 0.6 is 11.6 Å². The fourth-order valence-electron chi connectivity index (χ4n) is 3.82. The molecule has 0 amide bonds. The summed E-state index contributed by atoms with van der Waals surface area (Å²) in [4.78, 5) is 3.66. The van der Waals surface area contributed by atoms with Gasteiger partial charge in [-0.15, -0.1) is 0 Å². The van der Waals surface area contributed by atoms with Gasteiger partial charge in [-0.05, 0) is 72.8 Å². The largest absolute Gasteiger partial charge is 0.354 e. The maximum atomic E-state index is 6.29. The van der Waals surface area contributed by atoms with Crippen molar-refractivity contribution in [2.45, 2.75) is 26.2 Å². The molecule has 4 rings (SSSR count). The number of aryl methyl sites for hydroxylation is 2. The lowest BCUT2D eigenvalue weighted by atomic mass is 9.94. The van der Waals surface area contributed by atoms with Gasteiger partial charge in [0.1, 0.15) is 0 Å². The molecular weight excluding hydrogens is 340 g/mol. The second kappa shape index (κ2) is 7.14. The van der Waals surface area contributed by atoms with Crippen LogP contribution in [0.1, 0.15) is 24.0 Å². The van der Waals surface area contributed by atoms with Crippen molar-refractivity contribution in [2.75, 3.05) is 6.54 Å². The standard InChI is InChI=1S/C23H23ClN2/c1-15-9-11-20(18-7-3-2-6-17(15)18)23-19(8-4-5-13-25)21-14-16(24)10-12-22(21)26-23/h2-3,6-7,9-12,14,26H,4-5,8,13,25H2,1H3. The van der Waals surface area contributed by atoms with Crippen LogP contribution in [0.2, 0.25) is 5.02 Å². The van der Waals surface area contributed by atoms with E-state index in [0.29, 0.717) is 0 Å². The third-order valence-corrected chi connectivity index (χ3v) is 5.40. The molecule has 0 saturated heterocycles. The van der Waals surface area contributed by atoms with Gasteiger partial charge < -0.3 is 10.7 Å².